The molecule has 0 saturated heterocycles. The van der Waals surface area contributed by atoms with E-state index in [0.717, 1.165) is 22.0 Å². The van der Waals surface area contributed by atoms with Crippen LogP contribution >= 0.6 is 11.6 Å². The minimum Gasteiger partial charge on any atom is -0.386 e. The fraction of sp³-hybridized carbons (Fsp3) is 0.105. The van der Waals surface area contributed by atoms with E-state index < -0.39 is 10.3 Å². The molecule has 0 amide bonds. The van der Waals surface area contributed by atoms with Crippen molar-refractivity contribution >= 4 is 39.6 Å². The lowest BCUT2D eigenvalue weighted by Crippen LogP contribution is -2.25. The van der Waals surface area contributed by atoms with Crippen LogP contribution in [0.15, 0.2) is 71.7 Å². The van der Waals surface area contributed by atoms with Crippen molar-refractivity contribution in [2.24, 2.45) is 10.7 Å². The maximum atomic E-state index is 10.7. The maximum Gasteiger partial charge on any atom is 0.269 e. The Labute approximate surface area is 149 Å². The third-order valence-corrected chi connectivity index (χ3v) is 4.28. The molecule has 0 aliphatic heterocycles. The van der Waals surface area contributed by atoms with Gasteiger partial charge in [-0.25, -0.2) is 4.99 Å². The molecule has 0 fully saturated rings. The summed E-state index contributed by atoms with van der Waals surface area (Å²) in [7, 11) is 0. The fourth-order valence-electron chi connectivity index (χ4n) is 2.58. The summed E-state index contributed by atoms with van der Waals surface area (Å²) in [5.41, 5.74) is 7.76. The number of fused-ring (bicyclic) bond motifs is 1. The number of hydrogen-bond acceptors (Lipinski definition) is 3. The first kappa shape index (κ1) is 16.9. The van der Waals surface area contributed by atoms with Crippen LogP contribution in [-0.2, 0) is 6.42 Å². The van der Waals surface area contributed by atoms with E-state index in [1.807, 2.05) is 42.5 Å². The van der Waals surface area contributed by atoms with Crippen molar-refractivity contribution in [2.45, 2.75) is 11.8 Å². The van der Waals surface area contributed by atoms with Crippen molar-refractivity contribution in [1.82, 2.24) is 0 Å². The van der Waals surface area contributed by atoms with Crippen LogP contribution in [0.1, 0.15) is 5.56 Å². The van der Waals surface area contributed by atoms with Gasteiger partial charge in [-0.3, -0.25) is 10.1 Å². The Morgan fingerprint density at radius 3 is 2.48 bits per heavy atom. The normalized spacial score (nSPS) is 12.9. The molecule has 126 valence electrons. The molecule has 0 unspecified atom stereocenters. The standard InChI is InChI=1S/C19H16ClN3O2/c20-17(12-13-8-10-15(11-9-13)23(24)25)19(21)22-18-7-3-5-14-4-1-2-6-16(14)18/h1-11,17H,12H2,(H2,21,22)/t17-/m1/s1. The maximum absolute atomic E-state index is 10.7. The van der Waals surface area contributed by atoms with E-state index in [4.69, 9.17) is 17.3 Å². The van der Waals surface area contributed by atoms with Crippen molar-refractivity contribution in [3.8, 4) is 0 Å². The highest BCUT2D eigenvalue weighted by Gasteiger charge is 2.13. The SMILES string of the molecule is NC(=Nc1cccc2ccccc12)[C@H](Cl)Cc1ccc([N+](=O)[O-])cc1. The van der Waals surface area contributed by atoms with Gasteiger partial charge in [0.25, 0.3) is 5.69 Å². The number of amidine groups is 1. The number of nitrogens with zero attached hydrogens (tertiary/aromatic N) is 2. The highest BCUT2D eigenvalue weighted by Crippen LogP contribution is 2.26. The number of non-ortho nitro benzene ring substituents is 1. The summed E-state index contributed by atoms with van der Waals surface area (Å²) < 4.78 is 0. The molecule has 0 spiro atoms. The van der Waals surface area contributed by atoms with Gasteiger partial charge in [-0.1, -0.05) is 48.5 Å². The first-order valence-corrected chi connectivity index (χ1v) is 8.17. The lowest BCUT2D eigenvalue weighted by atomic mass is 10.1. The Kier molecular flexibility index (Phi) is 4.95. The molecule has 0 aliphatic rings. The van der Waals surface area contributed by atoms with Crippen molar-refractivity contribution in [2.75, 3.05) is 0 Å². The highest BCUT2D eigenvalue weighted by molar-refractivity contribution is 6.31. The number of nitro benzene ring substituents is 1. The molecule has 6 heteroatoms. The molecule has 2 N–H and O–H groups in total. The topological polar surface area (TPSA) is 81.5 Å². The van der Waals surface area contributed by atoms with E-state index in [0.29, 0.717) is 12.3 Å². The van der Waals surface area contributed by atoms with Crippen LogP contribution in [0.4, 0.5) is 11.4 Å². The van der Waals surface area contributed by atoms with Crippen molar-refractivity contribution < 1.29 is 4.92 Å². The molecular weight excluding hydrogens is 338 g/mol. The smallest absolute Gasteiger partial charge is 0.269 e. The van der Waals surface area contributed by atoms with Gasteiger partial charge in [-0.05, 0) is 23.4 Å². The van der Waals surface area contributed by atoms with E-state index in [1.54, 1.807) is 12.1 Å². The number of benzene rings is 3. The number of rotatable bonds is 5. The molecule has 0 saturated carbocycles. The van der Waals surface area contributed by atoms with Crippen molar-refractivity contribution in [3.63, 3.8) is 0 Å². The molecule has 1 atom stereocenters. The van der Waals surface area contributed by atoms with E-state index in [-0.39, 0.29) is 5.69 Å². The Hall–Kier alpha value is -2.92. The molecule has 0 aromatic heterocycles. The predicted molar refractivity (Wildman–Crippen MR) is 102 cm³/mol. The van der Waals surface area contributed by atoms with Gasteiger partial charge in [-0.2, -0.15) is 0 Å². The lowest BCUT2D eigenvalue weighted by Gasteiger charge is -2.10. The highest BCUT2D eigenvalue weighted by atomic mass is 35.5. The second-order valence-corrected chi connectivity index (χ2v) is 6.16. The quantitative estimate of drug-likeness (QED) is 0.239. The molecule has 3 rings (SSSR count). The first-order valence-electron chi connectivity index (χ1n) is 7.74. The summed E-state index contributed by atoms with van der Waals surface area (Å²) in [4.78, 5) is 14.7. The molecule has 25 heavy (non-hydrogen) atoms. The third-order valence-electron chi connectivity index (χ3n) is 3.90. The predicted octanol–water partition coefficient (Wildman–Crippen LogP) is 4.59. The van der Waals surface area contributed by atoms with Gasteiger partial charge in [0.2, 0.25) is 0 Å². The summed E-state index contributed by atoms with van der Waals surface area (Å²) >= 11 is 6.38. The van der Waals surface area contributed by atoms with E-state index in [2.05, 4.69) is 4.99 Å². The average Bonchev–Trinajstić information content (AvgIpc) is 2.62. The zero-order chi connectivity index (χ0) is 17.8. The molecular formula is C19H16ClN3O2. The minimum atomic E-state index is -0.500. The van der Waals surface area contributed by atoms with Crippen LogP contribution in [0, 0.1) is 10.1 Å². The number of hydrogen-bond donors (Lipinski definition) is 1. The van der Waals surface area contributed by atoms with Crippen LogP contribution in [0.3, 0.4) is 0 Å². The third kappa shape index (κ3) is 3.95. The van der Waals surface area contributed by atoms with E-state index >= 15 is 0 Å². The second kappa shape index (κ2) is 7.32. The first-order chi connectivity index (χ1) is 12.0. The summed E-state index contributed by atoms with van der Waals surface area (Å²) in [6.45, 7) is 0. The zero-order valence-electron chi connectivity index (χ0n) is 13.3. The number of alkyl halides is 1. The Balaban J connectivity index is 1.80. The fourth-order valence-corrected chi connectivity index (χ4v) is 2.81. The number of halogens is 1. The number of nitro groups is 1. The lowest BCUT2D eigenvalue weighted by molar-refractivity contribution is -0.384. The molecule has 3 aromatic carbocycles. The van der Waals surface area contributed by atoms with E-state index in [1.165, 1.54) is 12.1 Å². The Morgan fingerprint density at radius 1 is 1.08 bits per heavy atom. The van der Waals surface area contributed by atoms with Crippen LogP contribution in [-0.4, -0.2) is 16.1 Å². The van der Waals surface area contributed by atoms with Gasteiger partial charge in [-0.15, -0.1) is 11.6 Å². The second-order valence-electron chi connectivity index (χ2n) is 5.63. The molecule has 0 bridgehead atoms. The van der Waals surface area contributed by atoms with Gasteiger partial charge >= 0.3 is 0 Å². The monoisotopic (exact) mass is 353 g/mol. The Morgan fingerprint density at radius 2 is 1.76 bits per heavy atom. The van der Waals surface area contributed by atoms with Gasteiger partial charge in [0.05, 0.1) is 16.0 Å². The van der Waals surface area contributed by atoms with Gasteiger partial charge in [0, 0.05) is 17.5 Å². The molecule has 0 heterocycles. The van der Waals surface area contributed by atoms with Crippen LogP contribution in [0.2, 0.25) is 0 Å². The van der Waals surface area contributed by atoms with Crippen LogP contribution in [0.5, 0.6) is 0 Å². The molecule has 0 radical (unpaired) electrons. The summed E-state index contributed by atoms with van der Waals surface area (Å²) in [6.07, 6.45) is 0.444. The van der Waals surface area contributed by atoms with Gasteiger partial charge < -0.3 is 5.73 Å². The molecule has 0 aliphatic carbocycles. The minimum absolute atomic E-state index is 0.0484. The summed E-state index contributed by atoms with van der Waals surface area (Å²) in [6, 6.07) is 20.0. The van der Waals surface area contributed by atoms with Gasteiger partial charge in [0.1, 0.15) is 5.84 Å². The van der Waals surface area contributed by atoms with Gasteiger partial charge in [0.15, 0.2) is 0 Å². The average molecular weight is 354 g/mol. The molecule has 3 aromatic rings. The largest absolute Gasteiger partial charge is 0.386 e. The van der Waals surface area contributed by atoms with Crippen molar-refractivity contribution in [3.05, 3.63) is 82.4 Å². The summed E-state index contributed by atoms with van der Waals surface area (Å²) in [5, 5.41) is 12.3. The number of aliphatic imine (C=N–C) groups is 1. The number of nitrogens with two attached hydrogens (primary N) is 1. The Bertz CT molecular complexity index is 934. The summed E-state index contributed by atoms with van der Waals surface area (Å²) in [5.74, 6) is 0.316. The van der Waals surface area contributed by atoms with Crippen molar-refractivity contribution in [1.29, 1.82) is 0 Å². The van der Waals surface area contributed by atoms with Crippen LogP contribution < -0.4 is 5.73 Å². The molecule has 5 nitrogen and oxygen atoms in total. The van der Waals surface area contributed by atoms with E-state index in [9.17, 15) is 10.1 Å². The zero-order valence-corrected chi connectivity index (χ0v) is 14.1. The van der Waals surface area contributed by atoms with Crippen LogP contribution in [0.25, 0.3) is 10.8 Å².